The Morgan fingerprint density at radius 2 is 2.04 bits per heavy atom. The highest BCUT2D eigenvalue weighted by atomic mass is 32.1. The van der Waals surface area contributed by atoms with Crippen molar-refractivity contribution in [3.8, 4) is 10.6 Å². The fourth-order valence-corrected chi connectivity index (χ4v) is 3.42. The standard InChI is InChI=1S/C19H16N4O2S/c24-18-8-7-15(17-6-3-11-26-17)22-23(18)10-9-20-19(25)16-12-13-4-1-2-5-14(13)21-16/h1-8,11-12,21H,9-10H2,(H,20,25). The van der Waals surface area contributed by atoms with Crippen molar-refractivity contribution in [1.29, 1.82) is 0 Å². The van der Waals surface area contributed by atoms with Crippen LogP contribution >= 0.6 is 11.3 Å². The first-order valence-electron chi connectivity index (χ1n) is 8.19. The first-order valence-corrected chi connectivity index (χ1v) is 9.07. The molecule has 0 saturated heterocycles. The lowest BCUT2D eigenvalue weighted by Crippen LogP contribution is -2.32. The predicted octanol–water partition coefficient (Wildman–Crippen LogP) is 2.88. The molecule has 1 amide bonds. The number of carbonyl (C=O) groups is 1. The van der Waals surface area contributed by atoms with Crippen molar-refractivity contribution >= 4 is 28.1 Å². The van der Waals surface area contributed by atoms with Crippen molar-refractivity contribution in [1.82, 2.24) is 20.1 Å². The van der Waals surface area contributed by atoms with E-state index in [4.69, 9.17) is 0 Å². The Morgan fingerprint density at radius 1 is 1.15 bits per heavy atom. The minimum Gasteiger partial charge on any atom is -0.351 e. The number of amides is 1. The second kappa shape index (κ2) is 6.97. The van der Waals surface area contributed by atoms with E-state index in [0.29, 0.717) is 18.8 Å². The van der Waals surface area contributed by atoms with Crippen LogP contribution < -0.4 is 10.9 Å². The molecule has 130 valence electrons. The molecule has 0 aliphatic heterocycles. The van der Waals surface area contributed by atoms with Crippen molar-refractivity contribution in [3.05, 3.63) is 76.0 Å². The molecule has 4 aromatic rings. The van der Waals surface area contributed by atoms with Gasteiger partial charge in [0.05, 0.1) is 11.4 Å². The van der Waals surface area contributed by atoms with Gasteiger partial charge in [0.15, 0.2) is 0 Å². The van der Waals surface area contributed by atoms with Gasteiger partial charge in [-0.2, -0.15) is 5.10 Å². The number of benzene rings is 1. The van der Waals surface area contributed by atoms with Gasteiger partial charge >= 0.3 is 0 Å². The largest absolute Gasteiger partial charge is 0.351 e. The first-order chi connectivity index (χ1) is 12.7. The molecule has 0 aliphatic carbocycles. The number of nitrogens with zero attached hydrogens (tertiary/aromatic N) is 2. The predicted molar refractivity (Wildman–Crippen MR) is 102 cm³/mol. The van der Waals surface area contributed by atoms with E-state index in [-0.39, 0.29) is 11.5 Å². The van der Waals surface area contributed by atoms with E-state index in [1.54, 1.807) is 17.4 Å². The van der Waals surface area contributed by atoms with Gasteiger partial charge in [0.25, 0.3) is 11.5 Å². The van der Waals surface area contributed by atoms with Crippen LogP contribution in [0, 0.1) is 0 Å². The summed E-state index contributed by atoms with van der Waals surface area (Å²) in [5, 5.41) is 10.1. The molecule has 0 unspecified atom stereocenters. The molecule has 0 radical (unpaired) electrons. The Hall–Kier alpha value is -3.19. The third-order valence-corrected chi connectivity index (χ3v) is 4.92. The summed E-state index contributed by atoms with van der Waals surface area (Å²) in [5.74, 6) is -0.205. The van der Waals surface area contributed by atoms with Crippen LogP contribution in [0.5, 0.6) is 0 Å². The summed E-state index contributed by atoms with van der Waals surface area (Å²) in [6, 6.07) is 16.6. The second-order valence-corrected chi connectivity index (χ2v) is 6.73. The van der Waals surface area contributed by atoms with Gasteiger partial charge in [-0.05, 0) is 29.6 Å². The highest BCUT2D eigenvalue weighted by Gasteiger charge is 2.09. The number of carbonyl (C=O) groups excluding carboxylic acids is 1. The van der Waals surface area contributed by atoms with Crippen molar-refractivity contribution < 1.29 is 4.79 Å². The van der Waals surface area contributed by atoms with E-state index in [1.165, 1.54) is 10.7 Å². The average molecular weight is 364 g/mol. The molecular formula is C19H16N4O2S. The van der Waals surface area contributed by atoms with Crippen LogP contribution in [0.3, 0.4) is 0 Å². The molecule has 1 aromatic carbocycles. The van der Waals surface area contributed by atoms with Gasteiger partial charge in [-0.25, -0.2) is 4.68 Å². The lowest BCUT2D eigenvalue weighted by atomic mass is 10.2. The van der Waals surface area contributed by atoms with E-state index >= 15 is 0 Å². The normalized spacial score (nSPS) is 10.9. The smallest absolute Gasteiger partial charge is 0.267 e. The summed E-state index contributed by atoms with van der Waals surface area (Å²) in [6.45, 7) is 0.624. The molecule has 0 saturated carbocycles. The second-order valence-electron chi connectivity index (χ2n) is 5.78. The van der Waals surface area contributed by atoms with Gasteiger partial charge in [-0.3, -0.25) is 9.59 Å². The maximum Gasteiger partial charge on any atom is 0.267 e. The van der Waals surface area contributed by atoms with Gasteiger partial charge in [0, 0.05) is 23.5 Å². The zero-order chi connectivity index (χ0) is 17.9. The van der Waals surface area contributed by atoms with E-state index in [9.17, 15) is 9.59 Å². The van der Waals surface area contributed by atoms with Crippen molar-refractivity contribution in [2.24, 2.45) is 0 Å². The highest BCUT2D eigenvalue weighted by Crippen LogP contribution is 2.21. The fourth-order valence-electron chi connectivity index (χ4n) is 2.73. The number of hydrogen-bond donors (Lipinski definition) is 2. The first kappa shape index (κ1) is 16.3. The number of nitrogens with one attached hydrogen (secondary N) is 2. The summed E-state index contributed by atoms with van der Waals surface area (Å²) in [5.41, 5.74) is 1.98. The lowest BCUT2D eigenvalue weighted by Gasteiger charge is -2.07. The monoisotopic (exact) mass is 364 g/mol. The molecule has 0 bridgehead atoms. The summed E-state index contributed by atoms with van der Waals surface area (Å²) < 4.78 is 1.38. The fraction of sp³-hybridized carbons (Fsp3) is 0.105. The number of hydrogen-bond acceptors (Lipinski definition) is 4. The molecule has 2 N–H and O–H groups in total. The zero-order valence-corrected chi connectivity index (χ0v) is 14.6. The number of fused-ring (bicyclic) bond motifs is 1. The lowest BCUT2D eigenvalue weighted by molar-refractivity contribution is 0.0947. The van der Waals surface area contributed by atoms with E-state index in [2.05, 4.69) is 15.4 Å². The van der Waals surface area contributed by atoms with Gasteiger partial charge < -0.3 is 10.3 Å². The SMILES string of the molecule is O=C(NCCn1nc(-c2cccs2)ccc1=O)c1cc2ccccc2[nH]1. The third-order valence-electron chi connectivity index (χ3n) is 4.02. The summed E-state index contributed by atoms with van der Waals surface area (Å²) in [4.78, 5) is 28.4. The number of thiophene rings is 1. The molecule has 4 rings (SSSR count). The van der Waals surface area contributed by atoms with Crippen molar-refractivity contribution in [2.45, 2.75) is 6.54 Å². The number of para-hydroxylation sites is 1. The van der Waals surface area contributed by atoms with Gasteiger partial charge in [-0.15, -0.1) is 11.3 Å². The van der Waals surface area contributed by atoms with E-state index in [1.807, 2.05) is 47.8 Å². The molecule has 6 nitrogen and oxygen atoms in total. The number of aromatic nitrogens is 3. The summed E-state index contributed by atoms with van der Waals surface area (Å²) in [6.07, 6.45) is 0. The molecule has 26 heavy (non-hydrogen) atoms. The van der Waals surface area contributed by atoms with Crippen LogP contribution in [0.25, 0.3) is 21.5 Å². The number of aromatic amines is 1. The highest BCUT2D eigenvalue weighted by molar-refractivity contribution is 7.13. The molecule has 3 aromatic heterocycles. The Kier molecular flexibility index (Phi) is 4.37. The number of rotatable bonds is 5. The Morgan fingerprint density at radius 3 is 2.85 bits per heavy atom. The maximum atomic E-state index is 12.3. The average Bonchev–Trinajstić information content (AvgIpc) is 3.32. The minimum absolute atomic E-state index is 0.190. The van der Waals surface area contributed by atoms with Crippen LogP contribution in [0.2, 0.25) is 0 Å². The van der Waals surface area contributed by atoms with Crippen LogP contribution in [0.15, 0.2) is 64.8 Å². The van der Waals surface area contributed by atoms with Gasteiger partial charge in [-0.1, -0.05) is 24.3 Å². The molecule has 0 spiro atoms. The van der Waals surface area contributed by atoms with Crippen molar-refractivity contribution in [2.75, 3.05) is 6.54 Å². The molecule has 7 heteroatoms. The summed E-state index contributed by atoms with van der Waals surface area (Å²) >= 11 is 1.57. The third kappa shape index (κ3) is 3.29. The van der Waals surface area contributed by atoms with Crippen LogP contribution in [-0.2, 0) is 6.54 Å². The van der Waals surface area contributed by atoms with Gasteiger partial charge in [0.2, 0.25) is 0 Å². The van der Waals surface area contributed by atoms with Crippen molar-refractivity contribution in [3.63, 3.8) is 0 Å². The quantitative estimate of drug-likeness (QED) is 0.571. The Labute approximate surface area is 153 Å². The molecule has 0 aliphatic rings. The van der Waals surface area contributed by atoms with Crippen LogP contribution in [0.4, 0.5) is 0 Å². The summed E-state index contributed by atoms with van der Waals surface area (Å²) in [7, 11) is 0. The zero-order valence-electron chi connectivity index (χ0n) is 13.8. The van der Waals surface area contributed by atoms with Gasteiger partial charge in [0.1, 0.15) is 11.4 Å². The topological polar surface area (TPSA) is 79.8 Å². The maximum absolute atomic E-state index is 12.3. The van der Waals surface area contributed by atoms with Crippen LogP contribution in [0.1, 0.15) is 10.5 Å². The Bertz CT molecular complexity index is 1080. The van der Waals surface area contributed by atoms with E-state index < -0.39 is 0 Å². The molecule has 0 fully saturated rings. The van der Waals surface area contributed by atoms with E-state index in [0.717, 1.165) is 21.5 Å². The minimum atomic E-state index is -0.205. The molecule has 3 heterocycles. The molecular weight excluding hydrogens is 348 g/mol. The van der Waals surface area contributed by atoms with Crippen LogP contribution in [-0.4, -0.2) is 27.2 Å². The number of H-pyrrole nitrogens is 1. The molecule has 0 atom stereocenters. The Balaban J connectivity index is 1.43.